The number of fused-ring (bicyclic) bond motifs is 2. The van der Waals surface area contributed by atoms with Gasteiger partial charge in [-0.2, -0.15) is 5.10 Å². The van der Waals surface area contributed by atoms with E-state index < -0.39 is 5.82 Å². The van der Waals surface area contributed by atoms with Gasteiger partial charge in [0.25, 0.3) is 0 Å². The molecule has 0 bridgehead atoms. The second-order valence-corrected chi connectivity index (χ2v) is 9.28. The lowest BCUT2D eigenvalue weighted by atomic mass is 10.0. The lowest BCUT2D eigenvalue weighted by molar-refractivity contribution is -0.116. The molecule has 0 aliphatic heterocycles. The standard InChI is InChI=1S/C26H20FN7OS/c1-2-4-21(35)30-16-9-15(12-28-13-16)14-10-18-22(19(27)11-14)33-34-24(18)26-31-23-17(20-5-3-8-36-20)6-7-29-25(23)32-26/h3,5-13H,2,4H2,1H3,(H,30,35)(H,33,34)(H,29,31,32). The summed E-state index contributed by atoms with van der Waals surface area (Å²) in [5.74, 6) is -0.0474. The maximum absolute atomic E-state index is 15.1. The molecule has 6 aromatic rings. The second kappa shape index (κ2) is 8.97. The highest BCUT2D eigenvalue weighted by Gasteiger charge is 2.19. The molecule has 0 fully saturated rings. The third kappa shape index (κ3) is 3.91. The molecule has 1 amide bonds. The number of thiophene rings is 1. The number of aromatic amines is 2. The van der Waals surface area contributed by atoms with Crippen molar-refractivity contribution in [2.75, 3.05) is 5.32 Å². The number of pyridine rings is 2. The van der Waals surface area contributed by atoms with Crippen molar-refractivity contribution in [1.29, 1.82) is 0 Å². The number of hydrogen-bond acceptors (Lipinski definition) is 6. The number of carbonyl (C=O) groups excluding carboxylic acids is 1. The van der Waals surface area contributed by atoms with E-state index in [4.69, 9.17) is 4.98 Å². The van der Waals surface area contributed by atoms with E-state index in [1.54, 1.807) is 36.0 Å². The molecule has 10 heteroatoms. The average Bonchev–Trinajstić information content (AvgIpc) is 3.63. The molecule has 8 nitrogen and oxygen atoms in total. The zero-order valence-electron chi connectivity index (χ0n) is 19.2. The van der Waals surface area contributed by atoms with E-state index in [0.29, 0.717) is 45.8 Å². The fourth-order valence-electron chi connectivity index (χ4n) is 4.20. The molecule has 5 heterocycles. The number of H-pyrrole nitrogens is 2. The molecule has 0 aliphatic carbocycles. The van der Waals surface area contributed by atoms with E-state index in [2.05, 4.69) is 30.5 Å². The van der Waals surface area contributed by atoms with Crippen LogP contribution in [0.15, 0.2) is 60.4 Å². The molecular formula is C26H20FN7OS. The van der Waals surface area contributed by atoms with Gasteiger partial charge in [0.15, 0.2) is 11.5 Å². The SMILES string of the molecule is CCCC(=O)Nc1cncc(-c2cc(F)c3[nH]nc(-c4nc5c(-c6cccs6)ccnc5[nH]4)c3c2)c1. The van der Waals surface area contributed by atoms with Gasteiger partial charge < -0.3 is 10.3 Å². The number of imidazole rings is 1. The Morgan fingerprint density at radius 1 is 1.17 bits per heavy atom. The molecule has 0 saturated heterocycles. The van der Waals surface area contributed by atoms with Crippen LogP contribution in [-0.2, 0) is 4.79 Å². The molecular weight excluding hydrogens is 477 g/mol. The summed E-state index contributed by atoms with van der Waals surface area (Å²) >= 11 is 1.62. The van der Waals surface area contributed by atoms with Crippen molar-refractivity contribution in [3.8, 4) is 33.1 Å². The van der Waals surface area contributed by atoms with Gasteiger partial charge in [-0.25, -0.2) is 14.4 Å². The first kappa shape index (κ1) is 22.1. The van der Waals surface area contributed by atoms with Gasteiger partial charge in [0.05, 0.1) is 11.9 Å². The van der Waals surface area contributed by atoms with Gasteiger partial charge in [-0.15, -0.1) is 11.3 Å². The Morgan fingerprint density at radius 3 is 2.92 bits per heavy atom. The van der Waals surface area contributed by atoms with Crippen LogP contribution in [-0.4, -0.2) is 36.0 Å². The lowest BCUT2D eigenvalue weighted by Gasteiger charge is -2.07. The summed E-state index contributed by atoms with van der Waals surface area (Å²) < 4.78 is 15.1. The van der Waals surface area contributed by atoms with Crippen molar-refractivity contribution in [2.24, 2.45) is 0 Å². The summed E-state index contributed by atoms with van der Waals surface area (Å²) in [6, 6.07) is 11.0. The number of halogens is 1. The number of aromatic nitrogens is 6. The van der Waals surface area contributed by atoms with Crippen molar-refractivity contribution in [2.45, 2.75) is 19.8 Å². The van der Waals surface area contributed by atoms with Gasteiger partial charge >= 0.3 is 0 Å². The van der Waals surface area contributed by atoms with E-state index in [1.165, 1.54) is 6.07 Å². The van der Waals surface area contributed by atoms with E-state index in [9.17, 15) is 4.79 Å². The number of rotatable bonds is 6. The normalized spacial score (nSPS) is 11.4. The molecule has 1 aromatic carbocycles. The quantitative estimate of drug-likeness (QED) is 0.255. The van der Waals surface area contributed by atoms with Crippen LogP contribution in [0.4, 0.5) is 10.1 Å². The molecule has 3 N–H and O–H groups in total. The summed E-state index contributed by atoms with van der Waals surface area (Å²) in [6.45, 7) is 1.94. The van der Waals surface area contributed by atoms with Crippen molar-refractivity contribution >= 4 is 45.0 Å². The molecule has 36 heavy (non-hydrogen) atoms. The van der Waals surface area contributed by atoms with Gasteiger partial charge in [0.2, 0.25) is 5.91 Å². The van der Waals surface area contributed by atoms with Crippen LogP contribution < -0.4 is 5.32 Å². The van der Waals surface area contributed by atoms with Crippen LogP contribution in [0.2, 0.25) is 0 Å². The van der Waals surface area contributed by atoms with Gasteiger partial charge in [0, 0.05) is 40.2 Å². The van der Waals surface area contributed by atoms with E-state index in [0.717, 1.165) is 22.4 Å². The number of nitrogens with one attached hydrogen (secondary N) is 3. The summed E-state index contributed by atoms with van der Waals surface area (Å²) in [5, 5.41) is 12.6. The van der Waals surface area contributed by atoms with E-state index in [1.807, 2.05) is 36.6 Å². The van der Waals surface area contributed by atoms with Crippen molar-refractivity contribution < 1.29 is 9.18 Å². The highest BCUT2D eigenvalue weighted by Crippen LogP contribution is 2.35. The minimum atomic E-state index is -0.449. The molecule has 0 unspecified atom stereocenters. The van der Waals surface area contributed by atoms with Gasteiger partial charge in [-0.1, -0.05) is 13.0 Å². The van der Waals surface area contributed by atoms with Crippen LogP contribution in [0.5, 0.6) is 0 Å². The van der Waals surface area contributed by atoms with Crippen molar-refractivity contribution in [1.82, 2.24) is 30.1 Å². The Labute approximate surface area is 208 Å². The number of hydrogen-bond donors (Lipinski definition) is 3. The Kier molecular flexibility index (Phi) is 5.49. The number of amides is 1. The van der Waals surface area contributed by atoms with Gasteiger partial charge in [-0.05, 0) is 47.7 Å². The van der Waals surface area contributed by atoms with Crippen LogP contribution >= 0.6 is 11.3 Å². The molecule has 0 atom stereocenters. The second-order valence-electron chi connectivity index (χ2n) is 8.33. The maximum atomic E-state index is 15.1. The molecule has 0 aliphatic rings. The first-order valence-electron chi connectivity index (χ1n) is 11.4. The molecule has 0 saturated carbocycles. The van der Waals surface area contributed by atoms with Crippen LogP contribution in [0.3, 0.4) is 0 Å². The molecule has 178 valence electrons. The fraction of sp³-hybridized carbons (Fsp3) is 0.115. The smallest absolute Gasteiger partial charge is 0.224 e. The lowest BCUT2D eigenvalue weighted by Crippen LogP contribution is -2.10. The van der Waals surface area contributed by atoms with Crippen molar-refractivity contribution in [3.05, 3.63) is 66.2 Å². The van der Waals surface area contributed by atoms with Crippen LogP contribution in [0, 0.1) is 5.82 Å². The number of carbonyl (C=O) groups is 1. The Hall–Kier alpha value is -4.44. The zero-order chi connectivity index (χ0) is 24.6. The third-order valence-electron chi connectivity index (χ3n) is 5.85. The van der Waals surface area contributed by atoms with E-state index in [-0.39, 0.29) is 11.4 Å². The Bertz CT molecular complexity index is 1720. The van der Waals surface area contributed by atoms with Crippen LogP contribution in [0.1, 0.15) is 19.8 Å². The molecule has 5 aromatic heterocycles. The average molecular weight is 498 g/mol. The minimum absolute atomic E-state index is 0.0874. The molecule has 0 spiro atoms. The third-order valence-corrected chi connectivity index (χ3v) is 6.76. The van der Waals surface area contributed by atoms with Crippen LogP contribution in [0.25, 0.3) is 55.2 Å². The topological polar surface area (TPSA) is 112 Å². The predicted octanol–water partition coefficient (Wildman–Crippen LogP) is 6.17. The highest BCUT2D eigenvalue weighted by atomic mass is 32.1. The van der Waals surface area contributed by atoms with Gasteiger partial charge in [-0.3, -0.25) is 14.9 Å². The van der Waals surface area contributed by atoms with Gasteiger partial charge in [0.1, 0.15) is 22.5 Å². The zero-order valence-corrected chi connectivity index (χ0v) is 20.0. The number of anilines is 1. The first-order chi connectivity index (χ1) is 17.6. The summed E-state index contributed by atoms with van der Waals surface area (Å²) in [5.41, 5.74) is 4.92. The van der Waals surface area contributed by atoms with Crippen molar-refractivity contribution in [3.63, 3.8) is 0 Å². The summed E-state index contributed by atoms with van der Waals surface area (Å²) in [7, 11) is 0. The first-order valence-corrected chi connectivity index (χ1v) is 12.3. The molecule has 6 rings (SSSR count). The largest absolute Gasteiger partial charge is 0.325 e. The van der Waals surface area contributed by atoms with E-state index >= 15 is 4.39 Å². The summed E-state index contributed by atoms with van der Waals surface area (Å²) in [4.78, 5) is 29.8. The number of benzene rings is 1. The maximum Gasteiger partial charge on any atom is 0.224 e. The predicted molar refractivity (Wildman–Crippen MR) is 139 cm³/mol. The number of nitrogens with zero attached hydrogens (tertiary/aromatic N) is 4. The highest BCUT2D eigenvalue weighted by molar-refractivity contribution is 7.13. The fourth-order valence-corrected chi connectivity index (χ4v) is 4.95. The summed E-state index contributed by atoms with van der Waals surface area (Å²) in [6.07, 6.45) is 6.11. The Balaban J connectivity index is 1.44. The minimum Gasteiger partial charge on any atom is -0.325 e. The monoisotopic (exact) mass is 497 g/mol. The molecule has 0 radical (unpaired) electrons. The Morgan fingerprint density at radius 2 is 2.08 bits per heavy atom.